The van der Waals surface area contributed by atoms with E-state index in [1.807, 2.05) is 18.2 Å². The Bertz CT molecular complexity index is 353. The van der Waals surface area contributed by atoms with E-state index in [4.69, 9.17) is 10.5 Å². The van der Waals surface area contributed by atoms with Crippen molar-refractivity contribution in [3.8, 4) is 0 Å². The first-order chi connectivity index (χ1) is 7.79. The fraction of sp³-hybridized carbons (Fsp3) is 0.500. The Hall–Kier alpha value is -1.26. The summed E-state index contributed by atoms with van der Waals surface area (Å²) < 4.78 is 5.54. The maximum Gasteiger partial charge on any atom is 0.167 e. The van der Waals surface area contributed by atoms with E-state index < -0.39 is 0 Å². The van der Waals surface area contributed by atoms with Crippen LogP contribution in [0.5, 0.6) is 0 Å². The summed E-state index contributed by atoms with van der Waals surface area (Å²) in [6.45, 7) is 0.493. The lowest BCUT2D eigenvalue weighted by Crippen LogP contribution is -2.26. The molecule has 1 fully saturated rings. The van der Waals surface area contributed by atoms with Gasteiger partial charge in [0, 0.05) is 18.4 Å². The molecule has 0 aliphatic carbocycles. The highest BCUT2D eigenvalue weighted by Crippen LogP contribution is 2.20. The van der Waals surface area contributed by atoms with Gasteiger partial charge in [-0.1, -0.05) is 6.07 Å². The van der Waals surface area contributed by atoms with Gasteiger partial charge in [0.2, 0.25) is 0 Å². The fourth-order valence-corrected chi connectivity index (χ4v) is 1.91. The van der Waals surface area contributed by atoms with E-state index in [1.165, 1.54) is 0 Å². The topological polar surface area (TPSA) is 65.2 Å². The summed E-state index contributed by atoms with van der Waals surface area (Å²) in [5, 5.41) is 0. The number of carbonyl (C=O) groups excluding carboxylic acids is 1. The van der Waals surface area contributed by atoms with Crippen molar-refractivity contribution in [3.05, 3.63) is 30.1 Å². The molecular weight excluding hydrogens is 204 g/mol. The van der Waals surface area contributed by atoms with Crippen LogP contribution in [0.25, 0.3) is 0 Å². The van der Waals surface area contributed by atoms with Gasteiger partial charge in [-0.3, -0.25) is 9.78 Å². The fourth-order valence-electron chi connectivity index (χ4n) is 1.91. The van der Waals surface area contributed by atoms with E-state index in [-0.39, 0.29) is 18.0 Å². The van der Waals surface area contributed by atoms with Crippen LogP contribution >= 0.6 is 0 Å². The summed E-state index contributed by atoms with van der Waals surface area (Å²) in [7, 11) is 0. The van der Waals surface area contributed by atoms with E-state index in [1.54, 1.807) is 6.20 Å². The minimum atomic E-state index is -0.282. The van der Waals surface area contributed by atoms with Crippen molar-refractivity contribution in [1.29, 1.82) is 0 Å². The molecule has 4 heteroatoms. The molecule has 2 atom stereocenters. The molecule has 16 heavy (non-hydrogen) atoms. The summed E-state index contributed by atoms with van der Waals surface area (Å²) in [4.78, 5) is 16.0. The average Bonchev–Trinajstić information content (AvgIpc) is 2.79. The molecule has 0 amide bonds. The van der Waals surface area contributed by atoms with Gasteiger partial charge in [0.15, 0.2) is 5.78 Å². The van der Waals surface area contributed by atoms with Gasteiger partial charge in [-0.15, -0.1) is 0 Å². The molecule has 2 heterocycles. The molecule has 2 unspecified atom stereocenters. The summed E-state index contributed by atoms with van der Waals surface area (Å²) >= 11 is 0. The summed E-state index contributed by atoms with van der Waals surface area (Å²) in [6, 6.07) is 5.57. The Morgan fingerprint density at radius 2 is 2.38 bits per heavy atom. The van der Waals surface area contributed by atoms with Gasteiger partial charge < -0.3 is 10.5 Å². The van der Waals surface area contributed by atoms with Gasteiger partial charge in [0.25, 0.3) is 0 Å². The Morgan fingerprint density at radius 1 is 1.50 bits per heavy atom. The monoisotopic (exact) mass is 220 g/mol. The first kappa shape index (κ1) is 11.2. The SMILES string of the molecule is NCC1CCC(C(=O)Cc2ccccn2)O1. The van der Waals surface area contributed by atoms with Crippen LogP contribution in [0.15, 0.2) is 24.4 Å². The number of carbonyl (C=O) groups is 1. The second-order valence-electron chi connectivity index (χ2n) is 4.02. The third kappa shape index (κ3) is 2.65. The van der Waals surface area contributed by atoms with Gasteiger partial charge in [-0.05, 0) is 25.0 Å². The molecule has 0 radical (unpaired) electrons. The van der Waals surface area contributed by atoms with E-state index in [9.17, 15) is 4.79 Å². The Balaban J connectivity index is 1.90. The number of hydrogen-bond donors (Lipinski definition) is 1. The third-order valence-electron chi connectivity index (χ3n) is 2.81. The lowest BCUT2D eigenvalue weighted by molar-refractivity contribution is -0.128. The molecule has 1 aliphatic rings. The number of pyridine rings is 1. The molecule has 86 valence electrons. The second kappa shape index (κ2) is 5.18. The summed E-state index contributed by atoms with van der Waals surface area (Å²) in [6.07, 6.45) is 3.49. The largest absolute Gasteiger partial charge is 0.366 e. The first-order valence-electron chi connectivity index (χ1n) is 5.57. The highest BCUT2D eigenvalue weighted by molar-refractivity contribution is 5.85. The Labute approximate surface area is 94.8 Å². The second-order valence-corrected chi connectivity index (χ2v) is 4.02. The van der Waals surface area contributed by atoms with Crippen LogP contribution in [0.2, 0.25) is 0 Å². The number of aromatic nitrogens is 1. The van der Waals surface area contributed by atoms with Gasteiger partial charge >= 0.3 is 0 Å². The van der Waals surface area contributed by atoms with Crippen molar-refractivity contribution in [2.24, 2.45) is 5.73 Å². The number of nitrogens with zero attached hydrogens (tertiary/aromatic N) is 1. The van der Waals surface area contributed by atoms with Crippen molar-refractivity contribution < 1.29 is 9.53 Å². The van der Waals surface area contributed by atoms with Crippen LogP contribution in [0.4, 0.5) is 0 Å². The van der Waals surface area contributed by atoms with Crippen molar-refractivity contribution in [3.63, 3.8) is 0 Å². The normalized spacial score (nSPS) is 24.6. The molecule has 2 N–H and O–H groups in total. The zero-order valence-electron chi connectivity index (χ0n) is 9.13. The van der Waals surface area contributed by atoms with E-state index in [2.05, 4.69) is 4.98 Å². The van der Waals surface area contributed by atoms with Crippen LogP contribution in [0.1, 0.15) is 18.5 Å². The van der Waals surface area contributed by atoms with Crippen molar-refractivity contribution in [1.82, 2.24) is 4.98 Å². The standard InChI is InChI=1S/C12H16N2O2/c13-8-10-4-5-12(16-10)11(15)7-9-3-1-2-6-14-9/h1-3,6,10,12H,4-5,7-8,13H2. The van der Waals surface area contributed by atoms with Crippen LogP contribution in [-0.4, -0.2) is 29.5 Å². The number of ketones is 1. The van der Waals surface area contributed by atoms with Gasteiger partial charge in [-0.25, -0.2) is 0 Å². The molecule has 0 bridgehead atoms. The molecule has 1 saturated heterocycles. The quantitative estimate of drug-likeness (QED) is 0.811. The Kier molecular flexibility index (Phi) is 3.64. The predicted molar refractivity (Wildman–Crippen MR) is 59.9 cm³/mol. The van der Waals surface area contributed by atoms with Crippen LogP contribution in [0.3, 0.4) is 0 Å². The van der Waals surface area contributed by atoms with Crippen molar-refractivity contribution in [2.75, 3.05) is 6.54 Å². The molecule has 0 saturated carbocycles. The highest BCUT2D eigenvalue weighted by Gasteiger charge is 2.29. The van der Waals surface area contributed by atoms with Gasteiger partial charge in [-0.2, -0.15) is 0 Å². The lowest BCUT2D eigenvalue weighted by Gasteiger charge is -2.10. The molecule has 4 nitrogen and oxygen atoms in total. The van der Waals surface area contributed by atoms with Crippen LogP contribution < -0.4 is 5.73 Å². The molecule has 1 aliphatic heterocycles. The lowest BCUT2D eigenvalue weighted by atomic mass is 10.1. The summed E-state index contributed by atoms with van der Waals surface area (Å²) in [5.74, 6) is 0.106. The van der Waals surface area contributed by atoms with Crippen molar-refractivity contribution >= 4 is 5.78 Å². The summed E-state index contributed by atoms with van der Waals surface area (Å²) in [5.41, 5.74) is 6.30. The number of ether oxygens (including phenoxy) is 1. The molecule has 2 rings (SSSR count). The maximum absolute atomic E-state index is 11.9. The molecular formula is C12H16N2O2. The third-order valence-corrected chi connectivity index (χ3v) is 2.81. The highest BCUT2D eigenvalue weighted by atomic mass is 16.5. The van der Waals surface area contributed by atoms with E-state index in [0.717, 1.165) is 18.5 Å². The maximum atomic E-state index is 11.9. The number of Topliss-reactive ketones (excluding diaryl/α,β-unsaturated/α-hetero) is 1. The first-order valence-corrected chi connectivity index (χ1v) is 5.57. The molecule has 0 spiro atoms. The smallest absolute Gasteiger partial charge is 0.167 e. The molecule has 1 aromatic rings. The van der Waals surface area contributed by atoms with Crippen LogP contribution in [0, 0.1) is 0 Å². The van der Waals surface area contributed by atoms with Crippen molar-refractivity contribution in [2.45, 2.75) is 31.5 Å². The average molecular weight is 220 g/mol. The van der Waals surface area contributed by atoms with E-state index in [0.29, 0.717) is 13.0 Å². The Morgan fingerprint density at radius 3 is 3.00 bits per heavy atom. The zero-order chi connectivity index (χ0) is 11.4. The molecule has 1 aromatic heterocycles. The number of nitrogens with two attached hydrogens (primary N) is 1. The predicted octanol–water partition coefficient (Wildman–Crippen LogP) is 0.699. The number of rotatable bonds is 4. The minimum absolute atomic E-state index is 0.0534. The number of hydrogen-bond acceptors (Lipinski definition) is 4. The van der Waals surface area contributed by atoms with E-state index >= 15 is 0 Å². The molecule has 0 aromatic carbocycles. The van der Waals surface area contributed by atoms with Gasteiger partial charge in [0.1, 0.15) is 6.10 Å². The minimum Gasteiger partial charge on any atom is -0.366 e. The zero-order valence-corrected chi connectivity index (χ0v) is 9.13. The van der Waals surface area contributed by atoms with Crippen LogP contribution in [-0.2, 0) is 16.0 Å². The van der Waals surface area contributed by atoms with Gasteiger partial charge in [0.05, 0.1) is 12.5 Å².